The molecular weight excluding hydrogens is 441 g/mol. The molecule has 2 aromatic rings. The predicted molar refractivity (Wildman–Crippen MR) is 108 cm³/mol. The third-order valence-corrected chi connectivity index (χ3v) is 3.84. The lowest BCUT2D eigenvalue weighted by atomic mass is 10.1. The van der Waals surface area contributed by atoms with Gasteiger partial charge in [0.15, 0.2) is 11.7 Å². The average Bonchev–Trinajstić information content (AvgIpc) is 3.07. The summed E-state index contributed by atoms with van der Waals surface area (Å²) in [5.74, 6) is 1.94. The van der Waals surface area contributed by atoms with E-state index in [4.69, 9.17) is 16.1 Å². The van der Waals surface area contributed by atoms with Crippen molar-refractivity contribution in [3.8, 4) is 0 Å². The maximum Gasteiger partial charge on any atom is 0.194 e. The van der Waals surface area contributed by atoms with Crippen molar-refractivity contribution in [2.75, 3.05) is 14.1 Å². The topological polar surface area (TPSA) is 58.6 Å². The lowest BCUT2D eigenvalue weighted by Crippen LogP contribution is -2.38. The molecule has 0 unspecified atom stereocenters. The monoisotopic (exact) mass is 465 g/mol. The van der Waals surface area contributed by atoms with E-state index in [1.165, 1.54) is 0 Å². The molecule has 2 aromatic heterocycles. The summed E-state index contributed by atoms with van der Waals surface area (Å²) in [6.07, 6.45) is 1.89. The van der Waals surface area contributed by atoms with Crippen LogP contribution in [0, 0.1) is 0 Å². The van der Waals surface area contributed by atoms with E-state index in [9.17, 15) is 0 Å². The van der Waals surface area contributed by atoms with Gasteiger partial charge in [-0.05, 0) is 12.0 Å². The zero-order valence-electron chi connectivity index (χ0n) is 14.7. The van der Waals surface area contributed by atoms with Gasteiger partial charge in [-0.2, -0.15) is 0 Å². The first-order valence-electron chi connectivity index (χ1n) is 7.58. The van der Waals surface area contributed by atoms with Crippen molar-refractivity contribution in [1.29, 1.82) is 0 Å². The molecular formula is C16H25ClIN5O. The SMILES string of the molecule is CN=C(NCc1cc(C(C)C)no1)N(C)Cc1cc(Cl)cn1C.I. The number of aryl methyl sites for hydroxylation is 1. The van der Waals surface area contributed by atoms with Gasteiger partial charge in [-0.1, -0.05) is 30.6 Å². The molecule has 2 heterocycles. The number of nitrogens with one attached hydrogen (secondary N) is 1. The molecule has 0 atom stereocenters. The summed E-state index contributed by atoms with van der Waals surface area (Å²) in [5, 5.41) is 8.08. The number of guanidine groups is 1. The fraction of sp³-hybridized carbons (Fsp3) is 0.500. The summed E-state index contributed by atoms with van der Waals surface area (Å²) in [6.45, 7) is 5.43. The van der Waals surface area contributed by atoms with Crippen LogP contribution in [0.1, 0.15) is 36.9 Å². The Labute approximate surface area is 165 Å². The van der Waals surface area contributed by atoms with Gasteiger partial charge in [0.1, 0.15) is 0 Å². The Morgan fingerprint density at radius 3 is 2.67 bits per heavy atom. The molecule has 0 saturated carbocycles. The average molecular weight is 466 g/mol. The van der Waals surface area contributed by atoms with Gasteiger partial charge < -0.3 is 19.3 Å². The highest BCUT2D eigenvalue weighted by molar-refractivity contribution is 14.0. The van der Waals surface area contributed by atoms with Crippen molar-refractivity contribution < 1.29 is 4.52 Å². The van der Waals surface area contributed by atoms with Crippen molar-refractivity contribution in [3.63, 3.8) is 0 Å². The second-order valence-corrected chi connectivity index (χ2v) is 6.33. The molecule has 2 rings (SSSR count). The normalized spacial score (nSPS) is 11.5. The number of rotatable bonds is 5. The molecule has 0 aliphatic heterocycles. The van der Waals surface area contributed by atoms with E-state index in [0.29, 0.717) is 19.0 Å². The molecule has 0 aliphatic carbocycles. The summed E-state index contributed by atoms with van der Waals surface area (Å²) >= 11 is 6.03. The third kappa shape index (κ3) is 5.41. The van der Waals surface area contributed by atoms with E-state index in [0.717, 1.165) is 28.1 Å². The van der Waals surface area contributed by atoms with Crippen LogP contribution in [-0.2, 0) is 20.1 Å². The molecule has 134 valence electrons. The van der Waals surface area contributed by atoms with E-state index < -0.39 is 0 Å². The van der Waals surface area contributed by atoms with E-state index >= 15 is 0 Å². The van der Waals surface area contributed by atoms with Crippen molar-refractivity contribution >= 4 is 41.5 Å². The second-order valence-electron chi connectivity index (χ2n) is 5.89. The van der Waals surface area contributed by atoms with Crippen molar-refractivity contribution in [1.82, 2.24) is 19.9 Å². The molecule has 0 aliphatic rings. The van der Waals surface area contributed by atoms with Crippen LogP contribution in [0.2, 0.25) is 5.02 Å². The molecule has 0 radical (unpaired) electrons. The Balaban J connectivity index is 0.00000288. The quantitative estimate of drug-likeness (QED) is 0.416. The number of hydrogen-bond acceptors (Lipinski definition) is 3. The number of halogens is 2. The smallest absolute Gasteiger partial charge is 0.194 e. The number of nitrogens with zero attached hydrogens (tertiary/aromatic N) is 4. The molecule has 24 heavy (non-hydrogen) atoms. The van der Waals surface area contributed by atoms with Gasteiger partial charge in [-0.3, -0.25) is 4.99 Å². The maximum absolute atomic E-state index is 6.03. The Morgan fingerprint density at radius 1 is 1.46 bits per heavy atom. The van der Waals surface area contributed by atoms with Gasteiger partial charge in [0.05, 0.1) is 23.8 Å². The minimum absolute atomic E-state index is 0. The van der Waals surface area contributed by atoms with Gasteiger partial charge in [-0.25, -0.2) is 0 Å². The molecule has 0 saturated heterocycles. The number of aromatic nitrogens is 2. The molecule has 6 nitrogen and oxygen atoms in total. The molecule has 0 aromatic carbocycles. The zero-order chi connectivity index (χ0) is 17.0. The summed E-state index contributed by atoms with van der Waals surface area (Å²) in [7, 11) is 5.72. The van der Waals surface area contributed by atoms with Crippen LogP contribution < -0.4 is 5.32 Å². The van der Waals surface area contributed by atoms with Crippen molar-refractivity contribution in [2.24, 2.45) is 12.0 Å². The molecule has 0 fully saturated rings. The minimum Gasteiger partial charge on any atom is -0.359 e. The standard InChI is InChI=1S/C16H24ClN5O.HI/c1-11(2)15-7-14(23-20-15)8-19-16(18-3)22(5)10-13-6-12(17)9-21(13)4;/h6-7,9,11H,8,10H2,1-5H3,(H,18,19);1H. The number of hydrogen-bond donors (Lipinski definition) is 1. The van der Waals surface area contributed by atoms with E-state index in [1.54, 1.807) is 7.05 Å². The highest BCUT2D eigenvalue weighted by atomic mass is 127. The van der Waals surface area contributed by atoms with Gasteiger partial charge in [0, 0.05) is 39.1 Å². The second kappa shape index (κ2) is 9.31. The fourth-order valence-electron chi connectivity index (χ4n) is 2.28. The molecule has 0 bridgehead atoms. The molecule has 1 N–H and O–H groups in total. The highest BCUT2D eigenvalue weighted by Gasteiger charge is 2.12. The zero-order valence-corrected chi connectivity index (χ0v) is 17.8. The van der Waals surface area contributed by atoms with Crippen molar-refractivity contribution in [3.05, 3.63) is 40.5 Å². The number of aliphatic imine (C=N–C) groups is 1. The van der Waals surface area contributed by atoms with Gasteiger partial charge in [-0.15, -0.1) is 24.0 Å². The Morgan fingerprint density at radius 2 is 2.17 bits per heavy atom. The van der Waals surface area contributed by atoms with Gasteiger partial charge >= 0.3 is 0 Å². The molecule has 0 amide bonds. The largest absolute Gasteiger partial charge is 0.359 e. The lowest BCUT2D eigenvalue weighted by molar-refractivity contribution is 0.368. The summed E-state index contributed by atoms with van der Waals surface area (Å²) in [4.78, 5) is 6.34. The maximum atomic E-state index is 6.03. The first kappa shape index (κ1) is 20.8. The van der Waals surface area contributed by atoms with Crippen LogP contribution in [0.3, 0.4) is 0 Å². The Kier molecular flexibility index (Phi) is 8.08. The molecule has 8 heteroatoms. The predicted octanol–water partition coefficient (Wildman–Crippen LogP) is 3.62. The Bertz CT molecular complexity index is 680. The van der Waals surface area contributed by atoms with Crippen molar-refractivity contribution in [2.45, 2.75) is 32.9 Å². The van der Waals surface area contributed by atoms with Crippen LogP contribution in [-0.4, -0.2) is 34.7 Å². The van der Waals surface area contributed by atoms with Crippen LogP contribution in [0.25, 0.3) is 0 Å². The minimum atomic E-state index is 0. The van der Waals surface area contributed by atoms with Gasteiger partial charge in [0.2, 0.25) is 0 Å². The summed E-state index contributed by atoms with van der Waals surface area (Å²) < 4.78 is 7.35. The summed E-state index contributed by atoms with van der Waals surface area (Å²) in [6, 6.07) is 3.93. The fourth-order valence-corrected chi connectivity index (χ4v) is 2.55. The van der Waals surface area contributed by atoms with Crippen LogP contribution >= 0.6 is 35.6 Å². The third-order valence-electron chi connectivity index (χ3n) is 3.64. The highest BCUT2D eigenvalue weighted by Crippen LogP contribution is 2.15. The van der Waals surface area contributed by atoms with E-state index in [-0.39, 0.29) is 24.0 Å². The van der Waals surface area contributed by atoms with Gasteiger partial charge in [0.25, 0.3) is 0 Å². The first-order valence-corrected chi connectivity index (χ1v) is 7.96. The van der Waals surface area contributed by atoms with Crippen LogP contribution in [0.5, 0.6) is 0 Å². The Hall–Kier alpha value is -1.22. The van der Waals surface area contributed by atoms with Crippen LogP contribution in [0.4, 0.5) is 0 Å². The first-order chi connectivity index (χ1) is 10.9. The molecule has 0 spiro atoms. The summed E-state index contributed by atoms with van der Waals surface area (Å²) in [5.41, 5.74) is 2.07. The lowest BCUT2D eigenvalue weighted by Gasteiger charge is -2.21. The van der Waals surface area contributed by atoms with E-state index in [2.05, 4.69) is 29.3 Å². The van der Waals surface area contributed by atoms with Crippen LogP contribution in [0.15, 0.2) is 27.8 Å². The van der Waals surface area contributed by atoms with E-state index in [1.807, 2.05) is 41.9 Å².